The lowest BCUT2D eigenvalue weighted by Crippen LogP contribution is -2.32. The van der Waals surface area contributed by atoms with Crippen molar-refractivity contribution in [1.82, 2.24) is 4.98 Å². The van der Waals surface area contributed by atoms with Gasteiger partial charge in [-0.25, -0.2) is 4.98 Å². The molecular weight excluding hydrogens is 310 g/mol. The number of aromatic nitrogens is 1. The summed E-state index contributed by atoms with van der Waals surface area (Å²) in [7, 11) is 0. The van der Waals surface area contributed by atoms with Gasteiger partial charge in [0.15, 0.2) is 0 Å². The summed E-state index contributed by atoms with van der Waals surface area (Å²) in [4.78, 5) is 19.2. The van der Waals surface area contributed by atoms with E-state index in [9.17, 15) is 4.79 Å². The normalized spacial score (nSPS) is 14.4. The van der Waals surface area contributed by atoms with Crippen LogP contribution < -0.4 is 10.2 Å². The molecule has 0 saturated carbocycles. The third-order valence-electron chi connectivity index (χ3n) is 4.62. The first kappa shape index (κ1) is 17.2. The molecule has 1 amide bonds. The minimum absolute atomic E-state index is 0.00492. The summed E-state index contributed by atoms with van der Waals surface area (Å²) in [6.45, 7) is 7.91. The van der Waals surface area contributed by atoms with E-state index in [4.69, 9.17) is 0 Å². The van der Waals surface area contributed by atoms with Crippen LogP contribution >= 0.6 is 0 Å². The molecule has 0 fully saturated rings. The van der Waals surface area contributed by atoms with Crippen molar-refractivity contribution >= 4 is 17.4 Å². The minimum Gasteiger partial charge on any atom is -0.352 e. The smallest absolute Gasteiger partial charge is 0.251 e. The van der Waals surface area contributed by atoms with Gasteiger partial charge in [-0.05, 0) is 48.6 Å². The zero-order chi connectivity index (χ0) is 17.8. The number of carbonyl (C=O) groups is 1. The number of nitrogens with one attached hydrogen (secondary N) is 1. The summed E-state index contributed by atoms with van der Waals surface area (Å²) in [6.07, 6.45) is 4.55. The molecule has 2 aromatic rings. The van der Waals surface area contributed by atoms with E-state index in [1.807, 2.05) is 30.5 Å². The molecule has 3 rings (SSSR count). The van der Waals surface area contributed by atoms with Gasteiger partial charge >= 0.3 is 0 Å². The van der Waals surface area contributed by atoms with E-state index < -0.39 is 0 Å². The summed E-state index contributed by atoms with van der Waals surface area (Å²) >= 11 is 0. The second kappa shape index (κ2) is 7.51. The van der Waals surface area contributed by atoms with Crippen molar-refractivity contribution in [2.45, 2.75) is 33.1 Å². The Morgan fingerprint density at radius 2 is 1.96 bits per heavy atom. The molecule has 2 heterocycles. The number of anilines is 2. The van der Waals surface area contributed by atoms with Crippen molar-refractivity contribution in [1.29, 1.82) is 0 Å². The minimum atomic E-state index is -0.00492. The summed E-state index contributed by atoms with van der Waals surface area (Å²) in [5, 5.41) is 3.00. The number of amides is 1. The van der Waals surface area contributed by atoms with Crippen molar-refractivity contribution < 1.29 is 4.79 Å². The topological polar surface area (TPSA) is 45.2 Å². The van der Waals surface area contributed by atoms with Gasteiger partial charge in [-0.3, -0.25) is 4.79 Å². The molecule has 0 spiro atoms. The molecule has 0 bridgehead atoms. The van der Waals surface area contributed by atoms with Crippen LogP contribution in [0.15, 0.2) is 54.2 Å². The van der Waals surface area contributed by atoms with Crippen molar-refractivity contribution in [2.24, 2.45) is 0 Å². The number of hydrogen-bond acceptors (Lipinski definition) is 3. The van der Waals surface area contributed by atoms with E-state index in [1.165, 1.54) is 5.56 Å². The average Bonchev–Trinajstić information content (AvgIpc) is 2.63. The van der Waals surface area contributed by atoms with Crippen LogP contribution in [0, 0.1) is 6.92 Å². The van der Waals surface area contributed by atoms with E-state index in [1.54, 1.807) is 0 Å². The predicted molar refractivity (Wildman–Crippen MR) is 103 cm³/mol. The van der Waals surface area contributed by atoms with Crippen molar-refractivity contribution in [2.75, 3.05) is 23.3 Å². The van der Waals surface area contributed by atoms with Gasteiger partial charge in [-0.1, -0.05) is 38.1 Å². The lowest BCUT2D eigenvalue weighted by Gasteiger charge is -2.28. The number of benzene rings is 1. The van der Waals surface area contributed by atoms with Gasteiger partial charge in [0.25, 0.3) is 5.91 Å². The molecular formula is C21H25N3O. The van der Waals surface area contributed by atoms with Crippen LogP contribution in [-0.4, -0.2) is 24.0 Å². The first-order valence-corrected chi connectivity index (χ1v) is 8.81. The summed E-state index contributed by atoms with van der Waals surface area (Å²) < 4.78 is 0. The van der Waals surface area contributed by atoms with Crippen LogP contribution in [0.1, 0.15) is 37.3 Å². The molecule has 1 aliphatic heterocycles. The fourth-order valence-electron chi connectivity index (χ4n) is 3.04. The van der Waals surface area contributed by atoms with Gasteiger partial charge in [0.2, 0.25) is 0 Å². The largest absolute Gasteiger partial charge is 0.352 e. The summed E-state index contributed by atoms with van der Waals surface area (Å²) in [5.74, 6) is 1.49. The van der Waals surface area contributed by atoms with Gasteiger partial charge in [0, 0.05) is 30.5 Å². The van der Waals surface area contributed by atoms with Crippen LogP contribution in [0.5, 0.6) is 0 Å². The van der Waals surface area contributed by atoms with Gasteiger partial charge in [-0.2, -0.15) is 0 Å². The number of nitrogens with zero attached hydrogens (tertiary/aromatic N) is 2. The SMILES string of the molecule is Cc1cccnc1N1CC=C(C(=O)Nc2ccc(C(C)C)cc2)CC1. The first-order valence-electron chi connectivity index (χ1n) is 8.81. The van der Waals surface area contributed by atoms with Crippen LogP contribution in [0.3, 0.4) is 0 Å². The molecule has 0 unspecified atom stereocenters. The highest BCUT2D eigenvalue weighted by atomic mass is 16.1. The van der Waals surface area contributed by atoms with Crippen molar-refractivity contribution in [3.63, 3.8) is 0 Å². The first-order chi connectivity index (χ1) is 12.0. The maximum absolute atomic E-state index is 12.5. The van der Waals surface area contributed by atoms with E-state index in [-0.39, 0.29) is 5.91 Å². The maximum Gasteiger partial charge on any atom is 0.251 e. The van der Waals surface area contributed by atoms with Crippen LogP contribution in [0.4, 0.5) is 11.5 Å². The fraction of sp³-hybridized carbons (Fsp3) is 0.333. The molecule has 1 aromatic carbocycles. The van der Waals surface area contributed by atoms with Gasteiger partial charge < -0.3 is 10.2 Å². The Hall–Kier alpha value is -2.62. The van der Waals surface area contributed by atoms with Gasteiger partial charge in [0.05, 0.1) is 0 Å². The molecule has 25 heavy (non-hydrogen) atoms. The monoisotopic (exact) mass is 335 g/mol. The number of hydrogen-bond donors (Lipinski definition) is 1. The quantitative estimate of drug-likeness (QED) is 0.906. The molecule has 1 aliphatic rings. The van der Waals surface area contributed by atoms with Gasteiger partial charge in [0.1, 0.15) is 5.82 Å². The zero-order valence-corrected chi connectivity index (χ0v) is 15.1. The van der Waals surface area contributed by atoms with Crippen LogP contribution in [-0.2, 0) is 4.79 Å². The highest BCUT2D eigenvalue weighted by molar-refractivity contribution is 6.04. The molecule has 0 atom stereocenters. The zero-order valence-electron chi connectivity index (χ0n) is 15.1. The molecule has 0 radical (unpaired) electrons. The lowest BCUT2D eigenvalue weighted by atomic mass is 10.0. The Morgan fingerprint density at radius 1 is 1.20 bits per heavy atom. The number of carbonyl (C=O) groups excluding carboxylic acids is 1. The molecule has 1 N–H and O–H groups in total. The van der Waals surface area contributed by atoms with E-state index in [0.29, 0.717) is 12.5 Å². The maximum atomic E-state index is 12.5. The molecule has 0 aliphatic carbocycles. The average molecular weight is 335 g/mol. The predicted octanol–water partition coefficient (Wildman–Crippen LogP) is 4.29. The standard InChI is InChI=1S/C21H25N3O/c1-15(2)17-6-8-19(9-7-17)23-21(25)18-10-13-24(14-11-18)20-16(3)5-4-12-22-20/h4-10,12,15H,11,13-14H2,1-3H3,(H,23,25). The Balaban J connectivity index is 1.63. The Labute approximate surface area is 149 Å². The summed E-state index contributed by atoms with van der Waals surface area (Å²) in [5.41, 5.74) is 4.13. The van der Waals surface area contributed by atoms with Crippen molar-refractivity contribution in [3.05, 3.63) is 65.4 Å². The molecule has 4 heteroatoms. The Bertz CT molecular complexity index is 778. The third-order valence-corrected chi connectivity index (χ3v) is 4.62. The van der Waals surface area contributed by atoms with Crippen molar-refractivity contribution in [3.8, 4) is 0 Å². The van der Waals surface area contributed by atoms with Gasteiger partial charge in [-0.15, -0.1) is 0 Å². The fourth-order valence-corrected chi connectivity index (χ4v) is 3.04. The van der Waals surface area contributed by atoms with E-state index in [0.717, 1.165) is 35.6 Å². The van der Waals surface area contributed by atoms with Crippen LogP contribution in [0.2, 0.25) is 0 Å². The Morgan fingerprint density at radius 3 is 2.56 bits per heavy atom. The molecule has 130 valence electrons. The summed E-state index contributed by atoms with van der Waals surface area (Å²) in [6, 6.07) is 12.1. The second-order valence-electron chi connectivity index (χ2n) is 6.80. The van der Waals surface area contributed by atoms with E-state index >= 15 is 0 Å². The molecule has 1 aromatic heterocycles. The highest BCUT2D eigenvalue weighted by Crippen LogP contribution is 2.22. The third kappa shape index (κ3) is 4.08. The Kier molecular flexibility index (Phi) is 5.17. The van der Waals surface area contributed by atoms with Crippen LogP contribution in [0.25, 0.3) is 0 Å². The molecule has 4 nitrogen and oxygen atoms in total. The van der Waals surface area contributed by atoms with E-state index in [2.05, 4.69) is 54.2 Å². The lowest BCUT2D eigenvalue weighted by molar-refractivity contribution is -0.113. The highest BCUT2D eigenvalue weighted by Gasteiger charge is 2.19. The number of pyridine rings is 1. The number of aryl methyl sites for hydroxylation is 1. The second-order valence-corrected chi connectivity index (χ2v) is 6.80. The molecule has 0 saturated heterocycles. The number of rotatable bonds is 4.